The monoisotopic (exact) mass is 287 g/mol. The molecule has 0 aliphatic rings. The molecule has 0 aliphatic heterocycles. The van der Waals surface area contributed by atoms with Gasteiger partial charge in [-0.15, -0.1) is 0 Å². The van der Waals surface area contributed by atoms with E-state index in [1.165, 1.54) is 5.56 Å². The van der Waals surface area contributed by atoms with Gasteiger partial charge in [-0.25, -0.2) is 0 Å². The fourth-order valence-corrected chi connectivity index (χ4v) is 2.60. The molecule has 1 aromatic heterocycles. The summed E-state index contributed by atoms with van der Waals surface area (Å²) in [5, 5.41) is 1.14. The number of fused-ring (bicyclic) bond motifs is 1. The second-order valence-corrected chi connectivity index (χ2v) is 5.60. The van der Waals surface area contributed by atoms with Gasteiger partial charge in [-0.05, 0) is 51.4 Å². The minimum atomic E-state index is 0.383. The molecule has 0 saturated heterocycles. The van der Waals surface area contributed by atoms with Crippen molar-refractivity contribution in [2.75, 3.05) is 25.1 Å². The van der Waals surface area contributed by atoms with Crippen molar-refractivity contribution >= 4 is 16.6 Å². The van der Waals surface area contributed by atoms with Gasteiger partial charge in [0.1, 0.15) is 5.75 Å². The molecule has 114 valence electrons. The van der Waals surface area contributed by atoms with Crippen LogP contribution < -0.4 is 15.4 Å². The van der Waals surface area contributed by atoms with Gasteiger partial charge < -0.3 is 15.4 Å². The van der Waals surface area contributed by atoms with Crippen molar-refractivity contribution in [3.63, 3.8) is 0 Å². The zero-order valence-electron chi connectivity index (χ0n) is 13.4. The van der Waals surface area contributed by atoms with Gasteiger partial charge in [-0.3, -0.25) is 4.98 Å². The van der Waals surface area contributed by atoms with E-state index < -0.39 is 0 Å². The Morgan fingerprint density at radius 3 is 2.71 bits per heavy atom. The lowest BCUT2D eigenvalue weighted by molar-refractivity contribution is 0.415. The maximum absolute atomic E-state index is 5.68. The third kappa shape index (κ3) is 3.27. The number of hydrogen-bond acceptors (Lipinski definition) is 4. The number of nitrogens with zero attached hydrogens (tertiary/aromatic N) is 2. The minimum absolute atomic E-state index is 0.383. The van der Waals surface area contributed by atoms with Crippen LogP contribution in [0.25, 0.3) is 10.9 Å². The van der Waals surface area contributed by atoms with E-state index in [1.807, 2.05) is 12.3 Å². The van der Waals surface area contributed by atoms with Gasteiger partial charge in [0.15, 0.2) is 0 Å². The van der Waals surface area contributed by atoms with Crippen LogP contribution in [0.2, 0.25) is 0 Å². The van der Waals surface area contributed by atoms with Crippen LogP contribution in [0.3, 0.4) is 0 Å². The second kappa shape index (κ2) is 6.76. The molecule has 0 atom stereocenters. The van der Waals surface area contributed by atoms with Gasteiger partial charge in [0, 0.05) is 30.2 Å². The third-order valence-corrected chi connectivity index (χ3v) is 3.79. The number of methoxy groups -OCH3 is 1. The average Bonchev–Trinajstić information content (AvgIpc) is 2.47. The maximum Gasteiger partial charge on any atom is 0.121 e. The van der Waals surface area contributed by atoms with Crippen molar-refractivity contribution < 1.29 is 4.74 Å². The molecule has 2 aromatic rings. The summed E-state index contributed by atoms with van der Waals surface area (Å²) in [5.74, 6) is 0.868. The Morgan fingerprint density at radius 2 is 2.10 bits per heavy atom. The standard InChI is InChI=1S/C17H25N3O/c1-12(2)20(9-5-7-18)16-11-14(21-4)10-15-13(3)6-8-19-17(15)16/h6,8,10-12H,5,7,9,18H2,1-4H3. The van der Waals surface area contributed by atoms with Crippen LogP contribution in [-0.2, 0) is 0 Å². The quantitative estimate of drug-likeness (QED) is 0.887. The number of aryl methyl sites for hydroxylation is 1. The number of hydrogen-bond donors (Lipinski definition) is 1. The van der Waals surface area contributed by atoms with Crippen LogP contribution in [0.4, 0.5) is 5.69 Å². The first-order chi connectivity index (χ1) is 10.1. The summed E-state index contributed by atoms with van der Waals surface area (Å²) in [4.78, 5) is 6.95. The van der Waals surface area contributed by atoms with E-state index in [0.717, 1.165) is 35.3 Å². The van der Waals surface area contributed by atoms with E-state index in [-0.39, 0.29) is 0 Å². The molecule has 2 N–H and O–H groups in total. The fraction of sp³-hybridized carbons (Fsp3) is 0.471. The van der Waals surface area contributed by atoms with Crippen LogP contribution >= 0.6 is 0 Å². The second-order valence-electron chi connectivity index (χ2n) is 5.60. The highest BCUT2D eigenvalue weighted by Gasteiger charge is 2.16. The van der Waals surface area contributed by atoms with Crippen molar-refractivity contribution in [3.05, 3.63) is 30.0 Å². The van der Waals surface area contributed by atoms with E-state index in [1.54, 1.807) is 7.11 Å². The molecule has 21 heavy (non-hydrogen) atoms. The molecule has 0 fully saturated rings. The first-order valence-corrected chi connectivity index (χ1v) is 7.48. The zero-order valence-corrected chi connectivity index (χ0v) is 13.4. The molecular weight excluding hydrogens is 262 g/mol. The Labute approximate surface area is 126 Å². The highest BCUT2D eigenvalue weighted by molar-refractivity contribution is 5.94. The average molecular weight is 287 g/mol. The summed E-state index contributed by atoms with van der Waals surface area (Å²) in [6, 6.07) is 6.55. The van der Waals surface area contributed by atoms with Crippen LogP contribution in [0.1, 0.15) is 25.8 Å². The lowest BCUT2D eigenvalue weighted by Crippen LogP contribution is -2.33. The summed E-state index contributed by atoms with van der Waals surface area (Å²) >= 11 is 0. The molecule has 0 bridgehead atoms. The molecule has 4 nitrogen and oxygen atoms in total. The molecule has 0 unspecified atom stereocenters. The normalized spacial score (nSPS) is 11.1. The van der Waals surface area contributed by atoms with Gasteiger partial charge in [0.2, 0.25) is 0 Å². The maximum atomic E-state index is 5.68. The van der Waals surface area contributed by atoms with Gasteiger partial charge in [0.05, 0.1) is 18.3 Å². The Morgan fingerprint density at radius 1 is 1.33 bits per heavy atom. The SMILES string of the molecule is COc1cc(N(CCCN)C(C)C)c2nccc(C)c2c1. The molecule has 1 aromatic carbocycles. The lowest BCUT2D eigenvalue weighted by Gasteiger charge is -2.30. The first kappa shape index (κ1) is 15.6. The number of aromatic nitrogens is 1. The predicted molar refractivity (Wildman–Crippen MR) is 89.2 cm³/mol. The molecule has 0 saturated carbocycles. The Kier molecular flexibility index (Phi) is 5.02. The van der Waals surface area contributed by atoms with Gasteiger partial charge >= 0.3 is 0 Å². The third-order valence-electron chi connectivity index (χ3n) is 3.79. The fourth-order valence-electron chi connectivity index (χ4n) is 2.60. The Balaban J connectivity index is 2.61. The highest BCUT2D eigenvalue weighted by atomic mass is 16.5. The largest absolute Gasteiger partial charge is 0.497 e. The van der Waals surface area contributed by atoms with Crippen molar-refractivity contribution in [2.45, 2.75) is 33.2 Å². The van der Waals surface area contributed by atoms with Crippen molar-refractivity contribution in [3.8, 4) is 5.75 Å². The van der Waals surface area contributed by atoms with Crippen LogP contribution in [-0.4, -0.2) is 31.2 Å². The van der Waals surface area contributed by atoms with E-state index in [2.05, 4.69) is 42.8 Å². The van der Waals surface area contributed by atoms with Gasteiger partial charge in [0.25, 0.3) is 0 Å². The number of benzene rings is 1. The molecule has 1 heterocycles. The van der Waals surface area contributed by atoms with Crippen molar-refractivity contribution in [1.82, 2.24) is 4.98 Å². The summed E-state index contributed by atoms with van der Waals surface area (Å²) in [5.41, 5.74) is 9.04. The number of pyridine rings is 1. The predicted octanol–water partition coefficient (Wildman–Crippen LogP) is 3.12. The van der Waals surface area contributed by atoms with Crippen LogP contribution in [0, 0.1) is 6.92 Å². The molecule has 0 amide bonds. The number of anilines is 1. The van der Waals surface area contributed by atoms with Crippen molar-refractivity contribution in [1.29, 1.82) is 0 Å². The van der Waals surface area contributed by atoms with Gasteiger partial charge in [-0.1, -0.05) is 0 Å². The van der Waals surface area contributed by atoms with Crippen LogP contribution in [0.5, 0.6) is 5.75 Å². The highest BCUT2D eigenvalue weighted by Crippen LogP contribution is 2.33. The zero-order chi connectivity index (χ0) is 15.4. The Hall–Kier alpha value is -1.81. The first-order valence-electron chi connectivity index (χ1n) is 7.48. The summed E-state index contributed by atoms with van der Waals surface area (Å²) < 4.78 is 5.47. The molecule has 4 heteroatoms. The number of nitrogens with two attached hydrogens (primary N) is 1. The summed E-state index contributed by atoms with van der Waals surface area (Å²) in [6.07, 6.45) is 2.83. The molecule has 0 radical (unpaired) electrons. The molecular formula is C17H25N3O. The van der Waals surface area contributed by atoms with E-state index >= 15 is 0 Å². The van der Waals surface area contributed by atoms with E-state index in [9.17, 15) is 0 Å². The molecule has 2 rings (SSSR count). The summed E-state index contributed by atoms with van der Waals surface area (Å²) in [6.45, 7) is 8.10. The van der Waals surface area contributed by atoms with Gasteiger partial charge in [-0.2, -0.15) is 0 Å². The molecule has 0 spiro atoms. The van der Waals surface area contributed by atoms with E-state index in [4.69, 9.17) is 10.5 Å². The lowest BCUT2D eigenvalue weighted by atomic mass is 10.1. The number of rotatable bonds is 6. The Bertz CT molecular complexity index is 610. The topological polar surface area (TPSA) is 51.4 Å². The van der Waals surface area contributed by atoms with E-state index in [0.29, 0.717) is 12.6 Å². The van der Waals surface area contributed by atoms with Crippen molar-refractivity contribution in [2.24, 2.45) is 5.73 Å². The minimum Gasteiger partial charge on any atom is -0.497 e. The molecule has 0 aliphatic carbocycles. The number of ether oxygens (including phenoxy) is 1. The smallest absolute Gasteiger partial charge is 0.121 e. The van der Waals surface area contributed by atoms with Crippen LogP contribution in [0.15, 0.2) is 24.4 Å². The summed E-state index contributed by atoms with van der Waals surface area (Å²) in [7, 11) is 1.70.